The molecule has 1 rings (SSSR count). The zero-order chi connectivity index (χ0) is 11.3. The first-order valence-electron chi connectivity index (χ1n) is 5.20. The summed E-state index contributed by atoms with van der Waals surface area (Å²) in [5.41, 5.74) is 7.46. The summed E-state index contributed by atoms with van der Waals surface area (Å²) in [6, 6.07) is 7.67. The Morgan fingerprint density at radius 3 is 2.40 bits per heavy atom. The van der Waals surface area contributed by atoms with Gasteiger partial charge in [0.1, 0.15) is 0 Å². The maximum absolute atomic E-state index is 10.9. The van der Waals surface area contributed by atoms with Gasteiger partial charge in [-0.25, -0.2) is 0 Å². The van der Waals surface area contributed by atoms with Crippen LogP contribution < -0.4 is 5.73 Å². The lowest BCUT2D eigenvalue weighted by Gasteiger charge is -2.10. The van der Waals surface area contributed by atoms with Crippen LogP contribution in [-0.2, 0) is 11.2 Å². The molecule has 1 aromatic carbocycles. The van der Waals surface area contributed by atoms with Gasteiger partial charge in [0.05, 0.1) is 5.92 Å². The molecule has 0 aliphatic heterocycles. The summed E-state index contributed by atoms with van der Waals surface area (Å²) in [5.74, 6) is -1.15. The average Bonchev–Trinajstić information content (AvgIpc) is 2.21. The third-order valence-corrected chi connectivity index (χ3v) is 2.52. The average molecular weight is 207 g/mol. The van der Waals surface area contributed by atoms with Gasteiger partial charge in [-0.3, -0.25) is 4.79 Å². The molecule has 0 saturated carbocycles. The first-order valence-corrected chi connectivity index (χ1v) is 5.20. The molecule has 82 valence electrons. The summed E-state index contributed by atoms with van der Waals surface area (Å²) in [6.07, 6.45) is 1.45. The van der Waals surface area contributed by atoms with E-state index in [0.29, 0.717) is 13.0 Å². The van der Waals surface area contributed by atoms with Crippen LogP contribution in [0.5, 0.6) is 0 Å². The Balaban J connectivity index is 2.82. The Hall–Kier alpha value is -1.35. The van der Waals surface area contributed by atoms with Crippen molar-refractivity contribution in [3.8, 4) is 0 Å². The molecule has 0 fully saturated rings. The van der Waals surface area contributed by atoms with Crippen molar-refractivity contribution in [3.63, 3.8) is 0 Å². The minimum absolute atomic E-state index is 0.392. The van der Waals surface area contributed by atoms with Crippen molar-refractivity contribution in [1.29, 1.82) is 0 Å². The lowest BCUT2D eigenvalue weighted by Crippen LogP contribution is -2.10. The van der Waals surface area contributed by atoms with Crippen LogP contribution in [0.15, 0.2) is 24.3 Å². The van der Waals surface area contributed by atoms with Gasteiger partial charge in [0.15, 0.2) is 0 Å². The summed E-state index contributed by atoms with van der Waals surface area (Å²) < 4.78 is 0. The van der Waals surface area contributed by atoms with Gasteiger partial charge >= 0.3 is 5.97 Å². The van der Waals surface area contributed by atoms with E-state index in [4.69, 9.17) is 10.8 Å². The van der Waals surface area contributed by atoms with Crippen LogP contribution in [0.25, 0.3) is 0 Å². The van der Waals surface area contributed by atoms with Crippen LogP contribution in [0, 0.1) is 0 Å². The molecule has 0 aromatic heterocycles. The van der Waals surface area contributed by atoms with E-state index in [1.165, 1.54) is 0 Å². The highest BCUT2D eigenvalue weighted by Gasteiger charge is 2.16. The Bertz CT molecular complexity index is 319. The van der Waals surface area contributed by atoms with E-state index in [0.717, 1.165) is 17.5 Å². The molecule has 15 heavy (non-hydrogen) atoms. The predicted molar refractivity (Wildman–Crippen MR) is 59.9 cm³/mol. The molecule has 0 amide bonds. The van der Waals surface area contributed by atoms with E-state index in [1.807, 2.05) is 31.2 Å². The van der Waals surface area contributed by atoms with E-state index in [1.54, 1.807) is 0 Å². The van der Waals surface area contributed by atoms with Crippen LogP contribution in [0.2, 0.25) is 0 Å². The maximum Gasteiger partial charge on any atom is 0.310 e. The molecule has 0 heterocycles. The van der Waals surface area contributed by atoms with E-state index < -0.39 is 11.9 Å². The number of nitrogens with two attached hydrogens (primary N) is 1. The zero-order valence-electron chi connectivity index (χ0n) is 8.94. The van der Waals surface area contributed by atoms with Crippen LogP contribution in [0.1, 0.15) is 30.4 Å². The second-order valence-electron chi connectivity index (χ2n) is 3.58. The maximum atomic E-state index is 10.9. The fourth-order valence-electron chi connectivity index (χ4n) is 1.64. The third-order valence-electron chi connectivity index (χ3n) is 2.52. The standard InChI is InChI=1S/C12H17NO2/c1-2-11(12(14)15)10-5-3-9(4-6-10)7-8-13/h3-6,11H,2,7-8,13H2,1H3,(H,14,15). The summed E-state index contributed by atoms with van der Waals surface area (Å²) in [5, 5.41) is 8.98. The predicted octanol–water partition coefficient (Wildman–Crippen LogP) is 1.77. The van der Waals surface area contributed by atoms with E-state index in [-0.39, 0.29) is 0 Å². The fourth-order valence-corrected chi connectivity index (χ4v) is 1.64. The molecule has 0 spiro atoms. The Labute approximate surface area is 89.9 Å². The SMILES string of the molecule is CCC(C(=O)O)c1ccc(CCN)cc1. The summed E-state index contributed by atoms with van der Waals surface area (Å²) in [4.78, 5) is 10.9. The molecule has 1 unspecified atom stereocenters. The second kappa shape index (κ2) is 5.51. The monoisotopic (exact) mass is 207 g/mol. The largest absolute Gasteiger partial charge is 0.481 e. The molecule has 3 heteroatoms. The molecular formula is C12H17NO2. The van der Waals surface area contributed by atoms with Gasteiger partial charge in [0.25, 0.3) is 0 Å². The zero-order valence-corrected chi connectivity index (χ0v) is 8.94. The van der Waals surface area contributed by atoms with Gasteiger partial charge in [0.2, 0.25) is 0 Å². The van der Waals surface area contributed by atoms with Gasteiger partial charge in [-0.15, -0.1) is 0 Å². The minimum Gasteiger partial charge on any atom is -0.481 e. The Morgan fingerprint density at radius 1 is 1.40 bits per heavy atom. The van der Waals surface area contributed by atoms with Crippen molar-refractivity contribution in [3.05, 3.63) is 35.4 Å². The van der Waals surface area contributed by atoms with Crippen molar-refractivity contribution in [2.75, 3.05) is 6.54 Å². The Kier molecular flexibility index (Phi) is 4.31. The molecule has 0 radical (unpaired) electrons. The van der Waals surface area contributed by atoms with E-state index >= 15 is 0 Å². The number of rotatable bonds is 5. The number of aliphatic carboxylic acids is 1. The number of carboxylic acids is 1. The molecule has 0 aliphatic carbocycles. The molecular weight excluding hydrogens is 190 g/mol. The Morgan fingerprint density at radius 2 is 2.00 bits per heavy atom. The van der Waals surface area contributed by atoms with Crippen LogP contribution in [0.4, 0.5) is 0 Å². The van der Waals surface area contributed by atoms with Gasteiger partial charge in [-0.1, -0.05) is 31.2 Å². The van der Waals surface area contributed by atoms with E-state index in [9.17, 15) is 4.79 Å². The summed E-state index contributed by atoms with van der Waals surface area (Å²) >= 11 is 0. The van der Waals surface area contributed by atoms with Crippen molar-refractivity contribution in [2.45, 2.75) is 25.7 Å². The molecule has 1 atom stereocenters. The fraction of sp³-hybridized carbons (Fsp3) is 0.417. The van der Waals surface area contributed by atoms with E-state index in [2.05, 4.69) is 0 Å². The number of carboxylic acid groups (broad SMARTS) is 1. The number of hydrogen-bond donors (Lipinski definition) is 2. The first-order chi connectivity index (χ1) is 7.19. The molecule has 3 nitrogen and oxygen atoms in total. The molecule has 1 aromatic rings. The normalized spacial score (nSPS) is 12.4. The highest BCUT2D eigenvalue weighted by atomic mass is 16.4. The number of hydrogen-bond acceptors (Lipinski definition) is 2. The van der Waals surface area contributed by atoms with Gasteiger partial charge in [-0.05, 0) is 30.5 Å². The lowest BCUT2D eigenvalue weighted by atomic mass is 9.95. The van der Waals surface area contributed by atoms with Crippen LogP contribution >= 0.6 is 0 Å². The third kappa shape index (κ3) is 3.06. The smallest absolute Gasteiger partial charge is 0.310 e. The highest BCUT2D eigenvalue weighted by molar-refractivity contribution is 5.75. The highest BCUT2D eigenvalue weighted by Crippen LogP contribution is 2.20. The first kappa shape index (κ1) is 11.7. The lowest BCUT2D eigenvalue weighted by molar-refractivity contribution is -0.138. The van der Waals surface area contributed by atoms with Crippen LogP contribution in [-0.4, -0.2) is 17.6 Å². The van der Waals surface area contributed by atoms with Crippen molar-refractivity contribution < 1.29 is 9.90 Å². The number of benzene rings is 1. The second-order valence-corrected chi connectivity index (χ2v) is 3.58. The molecule has 0 bridgehead atoms. The van der Waals surface area contributed by atoms with Crippen molar-refractivity contribution in [2.24, 2.45) is 5.73 Å². The van der Waals surface area contributed by atoms with Crippen molar-refractivity contribution >= 4 is 5.97 Å². The topological polar surface area (TPSA) is 63.3 Å². The van der Waals surface area contributed by atoms with Gasteiger partial charge < -0.3 is 10.8 Å². The summed E-state index contributed by atoms with van der Waals surface area (Å²) in [7, 11) is 0. The van der Waals surface area contributed by atoms with Crippen molar-refractivity contribution in [1.82, 2.24) is 0 Å². The summed E-state index contributed by atoms with van der Waals surface area (Å²) in [6.45, 7) is 2.50. The van der Waals surface area contributed by atoms with Crippen LogP contribution in [0.3, 0.4) is 0 Å². The molecule has 3 N–H and O–H groups in total. The van der Waals surface area contributed by atoms with Gasteiger partial charge in [-0.2, -0.15) is 0 Å². The minimum atomic E-state index is -0.760. The number of carbonyl (C=O) groups is 1. The van der Waals surface area contributed by atoms with Gasteiger partial charge in [0, 0.05) is 0 Å². The molecule has 0 saturated heterocycles. The molecule has 0 aliphatic rings. The quantitative estimate of drug-likeness (QED) is 0.773.